The van der Waals surface area contributed by atoms with E-state index in [1.54, 1.807) is 12.3 Å². The average molecular weight is 213 g/mol. The Morgan fingerprint density at radius 1 is 1.47 bits per heavy atom. The summed E-state index contributed by atoms with van der Waals surface area (Å²) >= 11 is 0. The fraction of sp³-hybridized carbons (Fsp3) is 0.333. The maximum atomic E-state index is 13.3. The molecule has 0 radical (unpaired) electrons. The zero-order valence-corrected chi connectivity index (χ0v) is 7.77. The molecule has 0 saturated heterocycles. The van der Waals surface area contributed by atoms with Gasteiger partial charge in [0.25, 0.3) is 5.92 Å². The topological polar surface area (TPSA) is 50.4 Å². The van der Waals surface area contributed by atoms with Crippen LogP contribution in [0.25, 0.3) is 5.65 Å². The number of nitrogens with zero attached hydrogens (tertiary/aromatic N) is 3. The Kier molecular flexibility index (Phi) is 2.36. The third-order valence-corrected chi connectivity index (χ3v) is 2.04. The summed E-state index contributed by atoms with van der Waals surface area (Å²) in [6, 6.07) is 2.82. The van der Waals surface area contributed by atoms with Crippen molar-refractivity contribution in [1.29, 1.82) is 0 Å². The molecule has 0 aromatic carbocycles. The highest BCUT2D eigenvalue weighted by molar-refractivity contribution is 5.39. The predicted molar refractivity (Wildman–Crippen MR) is 48.6 cm³/mol. The maximum absolute atomic E-state index is 13.3. The monoisotopic (exact) mass is 213 g/mol. The molecular weight excluding hydrogens is 204 g/mol. The van der Waals surface area contributed by atoms with Crippen LogP contribution >= 0.6 is 0 Å². The molecule has 0 amide bonds. The summed E-state index contributed by atoms with van der Waals surface area (Å²) in [5.41, 5.74) is 0.000338. The van der Waals surface area contributed by atoms with Gasteiger partial charge in [0.15, 0.2) is 5.65 Å². The second kappa shape index (κ2) is 3.54. The molecule has 0 bridgehead atoms. The van der Waals surface area contributed by atoms with Gasteiger partial charge in [-0.2, -0.15) is 13.9 Å². The first-order chi connectivity index (χ1) is 7.13. The largest absolute Gasteiger partial charge is 0.396 e. The van der Waals surface area contributed by atoms with Gasteiger partial charge in [0.05, 0.1) is 0 Å². The van der Waals surface area contributed by atoms with E-state index in [2.05, 4.69) is 10.1 Å². The highest BCUT2D eigenvalue weighted by Crippen LogP contribution is 2.30. The smallest absolute Gasteiger partial charge is 0.293 e. The van der Waals surface area contributed by atoms with Crippen molar-refractivity contribution in [1.82, 2.24) is 14.6 Å². The van der Waals surface area contributed by atoms with E-state index in [0.717, 1.165) is 0 Å². The van der Waals surface area contributed by atoms with Gasteiger partial charge in [-0.15, -0.1) is 0 Å². The number of hydrogen-bond acceptors (Lipinski definition) is 3. The summed E-state index contributed by atoms with van der Waals surface area (Å²) in [5, 5.41) is 12.2. The molecule has 6 heteroatoms. The minimum atomic E-state index is -3.11. The van der Waals surface area contributed by atoms with Crippen LogP contribution in [0, 0.1) is 0 Å². The molecular formula is C9H9F2N3O. The third-order valence-electron chi connectivity index (χ3n) is 2.04. The minimum absolute atomic E-state index is 0.366. The van der Waals surface area contributed by atoms with Crippen LogP contribution in [0.5, 0.6) is 0 Å². The summed E-state index contributed by atoms with van der Waals surface area (Å²) in [7, 11) is 0. The Bertz CT molecular complexity index is 436. The van der Waals surface area contributed by atoms with Crippen molar-refractivity contribution in [3.05, 3.63) is 30.2 Å². The number of alkyl halides is 2. The van der Waals surface area contributed by atoms with Crippen LogP contribution in [-0.4, -0.2) is 26.3 Å². The van der Waals surface area contributed by atoms with Gasteiger partial charge in [-0.1, -0.05) is 0 Å². The van der Waals surface area contributed by atoms with Gasteiger partial charge in [-0.05, 0) is 6.07 Å². The number of aliphatic hydroxyl groups excluding tert-OH is 1. The van der Waals surface area contributed by atoms with Crippen molar-refractivity contribution >= 4 is 5.65 Å². The summed E-state index contributed by atoms with van der Waals surface area (Å²) in [6.07, 6.45) is 2.42. The molecule has 0 atom stereocenters. The normalized spacial score (nSPS) is 12.2. The third kappa shape index (κ3) is 1.80. The van der Waals surface area contributed by atoms with Crippen LogP contribution in [0.3, 0.4) is 0 Å². The van der Waals surface area contributed by atoms with Gasteiger partial charge in [-0.25, -0.2) is 9.50 Å². The van der Waals surface area contributed by atoms with Gasteiger partial charge in [0, 0.05) is 31.5 Å². The molecule has 0 aliphatic rings. The molecule has 80 valence electrons. The van der Waals surface area contributed by atoms with Gasteiger partial charge in [-0.3, -0.25) is 0 Å². The SMILES string of the molecule is OCCC(F)(F)c1cc2ncccn2n1. The first kappa shape index (κ1) is 9.97. The standard InChI is InChI=1S/C9H9F2N3O/c10-9(11,2-5-15)7-6-8-12-3-1-4-14(8)13-7/h1,3-4,6,15H,2,5H2. The molecule has 2 heterocycles. The molecule has 2 rings (SSSR count). The lowest BCUT2D eigenvalue weighted by molar-refractivity contribution is -0.0312. The Morgan fingerprint density at radius 3 is 2.93 bits per heavy atom. The number of aromatic nitrogens is 3. The number of aliphatic hydroxyl groups is 1. The first-order valence-corrected chi connectivity index (χ1v) is 4.43. The van der Waals surface area contributed by atoms with E-state index in [9.17, 15) is 8.78 Å². The van der Waals surface area contributed by atoms with E-state index >= 15 is 0 Å². The summed E-state index contributed by atoms with van der Waals surface area (Å²) in [6.45, 7) is -0.575. The second-order valence-electron chi connectivity index (χ2n) is 3.13. The van der Waals surface area contributed by atoms with Crippen molar-refractivity contribution < 1.29 is 13.9 Å². The molecule has 0 saturated carbocycles. The molecule has 0 unspecified atom stereocenters. The van der Waals surface area contributed by atoms with E-state index in [1.807, 2.05) is 0 Å². The lowest BCUT2D eigenvalue weighted by atomic mass is 10.2. The van der Waals surface area contributed by atoms with E-state index in [-0.39, 0.29) is 5.69 Å². The van der Waals surface area contributed by atoms with Gasteiger partial charge < -0.3 is 5.11 Å². The molecule has 2 aromatic heterocycles. The van der Waals surface area contributed by atoms with Crippen LogP contribution < -0.4 is 0 Å². The molecule has 0 aliphatic carbocycles. The lowest BCUT2D eigenvalue weighted by Gasteiger charge is -2.10. The molecule has 0 fully saturated rings. The van der Waals surface area contributed by atoms with Gasteiger partial charge in [0.1, 0.15) is 5.69 Å². The zero-order valence-electron chi connectivity index (χ0n) is 7.77. The Morgan fingerprint density at radius 2 is 2.27 bits per heavy atom. The van der Waals surface area contributed by atoms with Gasteiger partial charge in [0.2, 0.25) is 0 Å². The number of rotatable bonds is 3. The first-order valence-electron chi connectivity index (χ1n) is 4.43. The Labute approximate surface area is 84.2 Å². The summed E-state index contributed by atoms with van der Waals surface area (Å²) < 4.78 is 27.9. The van der Waals surface area contributed by atoms with Crippen molar-refractivity contribution in [3.8, 4) is 0 Å². The van der Waals surface area contributed by atoms with Crippen molar-refractivity contribution in [3.63, 3.8) is 0 Å². The van der Waals surface area contributed by atoms with E-state index < -0.39 is 19.0 Å². The van der Waals surface area contributed by atoms with E-state index in [4.69, 9.17) is 5.11 Å². The quantitative estimate of drug-likeness (QED) is 0.833. The molecule has 4 nitrogen and oxygen atoms in total. The fourth-order valence-corrected chi connectivity index (χ4v) is 1.28. The molecule has 0 aliphatic heterocycles. The highest BCUT2D eigenvalue weighted by Gasteiger charge is 2.34. The van der Waals surface area contributed by atoms with Crippen LogP contribution in [0.4, 0.5) is 8.78 Å². The van der Waals surface area contributed by atoms with Crippen molar-refractivity contribution in [2.24, 2.45) is 0 Å². The van der Waals surface area contributed by atoms with Crippen molar-refractivity contribution in [2.75, 3.05) is 6.61 Å². The minimum Gasteiger partial charge on any atom is -0.396 e. The van der Waals surface area contributed by atoms with E-state index in [0.29, 0.717) is 5.65 Å². The number of fused-ring (bicyclic) bond motifs is 1. The van der Waals surface area contributed by atoms with Crippen molar-refractivity contribution in [2.45, 2.75) is 12.3 Å². The summed E-state index contributed by atoms with van der Waals surface area (Å²) in [4.78, 5) is 3.88. The molecule has 0 spiro atoms. The Balaban J connectivity index is 2.44. The number of halogens is 2. The lowest BCUT2D eigenvalue weighted by Crippen LogP contribution is -2.16. The van der Waals surface area contributed by atoms with Crippen LogP contribution in [0.1, 0.15) is 12.1 Å². The molecule has 15 heavy (non-hydrogen) atoms. The molecule has 2 aromatic rings. The number of hydrogen-bond donors (Lipinski definition) is 1. The van der Waals surface area contributed by atoms with Crippen LogP contribution in [-0.2, 0) is 5.92 Å². The Hall–Kier alpha value is -1.56. The average Bonchev–Trinajstić information content (AvgIpc) is 2.61. The molecule has 1 N–H and O–H groups in total. The van der Waals surface area contributed by atoms with E-state index in [1.165, 1.54) is 16.8 Å². The van der Waals surface area contributed by atoms with Gasteiger partial charge >= 0.3 is 0 Å². The highest BCUT2D eigenvalue weighted by atomic mass is 19.3. The van der Waals surface area contributed by atoms with Crippen LogP contribution in [0.15, 0.2) is 24.5 Å². The predicted octanol–water partition coefficient (Wildman–Crippen LogP) is 1.20. The summed E-state index contributed by atoms with van der Waals surface area (Å²) in [5.74, 6) is -3.11. The van der Waals surface area contributed by atoms with Crippen LogP contribution in [0.2, 0.25) is 0 Å². The zero-order chi connectivity index (χ0) is 10.9. The fourth-order valence-electron chi connectivity index (χ4n) is 1.28. The second-order valence-corrected chi connectivity index (χ2v) is 3.13. The maximum Gasteiger partial charge on any atom is 0.293 e.